The Hall–Kier alpha value is -3.12. The lowest BCUT2D eigenvalue weighted by molar-refractivity contribution is -0.124. The number of carbonyl (C=O) groups excluding carboxylic acids is 1. The Morgan fingerprint density at radius 3 is 2.96 bits per heavy atom. The van der Waals surface area contributed by atoms with Crippen LogP contribution in [0.4, 0.5) is 0 Å². The van der Waals surface area contributed by atoms with Gasteiger partial charge in [0.1, 0.15) is 18.2 Å². The highest BCUT2D eigenvalue weighted by atomic mass is 16.5. The van der Waals surface area contributed by atoms with E-state index in [1.807, 2.05) is 42.5 Å². The largest absolute Gasteiger partial charge is 0.486 e. The first kappa shape index (κ1) is 14.8. The number of hydrogen-bond acceptors (Lipinski definition) is 4. The molecule has 6 nitrogen and oxygen atoms in total. The Morgan fingerprint density at radius 1 is 1.26 bits per heavy atom. The number of hydrogen-bond donors (Lipinski definition) is 3. The van der Waals surface area contributed by atoms with E-state index >= 15 is 0 Å². The maximum atomic E-state index is 11.0. The van der Waals surface area contributed by atoms with Gasteiger partial charge in [0, 0.05) is 6.08 Å². The van der Waals surface area contributed by atoms with E-state index < -0.39 is 5.91 Å². The molecule has 0 saturated heterocycles. The molecule has 3 aromatic rings. The first-order valence-electron chi connectivity index (χ1n) is 7.03. The van der Waals surface area contributed by atoms with Crippen LogP contribution < -0.4 is 10.2 Å². The summed E-state index contributed by atoms with van der Waals surface area (Å²) in [6, 6.07) is 15.1. The molecule has 116 valence electrons. The summed E-state index contributed by atoms with van der Waals surface area (Å²) < 4.78 is 5.72. The Balaban J connectivity index is 1.68. The zero-order chi connectivity index (χ0) is 16.1. The van der Waals surface area contributed by atoms with Crippen molar-refractivity contribution in [1.82, 2.24) is 15.4 Å². The lowest BCUT2D eigenvalue weighted by Gasteiger charge is -2.04. The quantitative estimate of drug-likeness (QED) is 0.384. The lowest BCUT2D eigenvalue weighted by Crippen LogP contribution is -2.14. The summed E-state index contributed by atoms with van der Waals surface area (Å²) in [6.45, 7) is 0.318. The third-order valence-corrected chi connectivity index (χ3v) is 3.21. The van der Waals surface area contributed by atoms with Crippen LogP contribution in [-0.4, -0.2) is 21.1 Å². The maximum absolute atomic E-state index is 11.0. The number of imidazole rings is 1. The number of aromatic amines is 1. The molecule has 6 heteroatoms. The number of nitrogens with one attached hydrogen (secondary N) is 2. The molecule has 23 heavy (non-hydrogen) atoms. The van der Waals surface area contributed by atoms with Crippen molar-refractivity contribution in [3.8, 4) is 5.75 Å². The first-order valence-corrected chi connectivity index (χ1v) is 7.03. The highest BCUT2D eigenvalue weighted by Crippen LogP contribution is 2.17. The number of amides is 1. The number of nitrogens with zero attached hydrogens (tertiary/aromatic N) is 1. The second kappa shape index (κ2) is 6.76. The minimum absolute atomic E-state index is 0.318. The Bertz CT molecular complexity index is 822. The molecule has 1 heterocycles. The standard InChI is InChI=1S/C17H15N3O3/c21-17(20-22)9-8-12-4-3-5-13(10-12)23-11-16-18-14-6-1-2-7-15(14)19-16/h1-10,22H,11H2,(H,18,19)(H,20,21)/b9-8+. The number of ether oxygens (including phenoxy) is 1. The summed E-state index contributed by atoms with van der Waals surface area (Å²) in [5.74, 6) is 0.822. The highest BCUT2D eigenvalue weighted by Gasteiger charge is 2.03. The number of hydroxylamine groups is 1. The zero-order valence-corrected chi connectivity index (χ0v) is 12.2. The minimum atomic E-state index is -0.585. The normalized spacial score (nSPS) is 11.0. The summed E-state index contributed by atoms with van der Waals surface area (Å²) in [5, 5.41) is 8.45. The van der Waals surface area contributed by atoms with Crippen LogP contribution in [0.2, 0.25) is 0 Å². The van der Waals surface area contributed by atoms with Gasteiger partial charge < -0.3 is 9.72 Å². The van der Waals surface area contributed by atoms with Crippen LogP contribution >= 0.6 is 0 Å². The summed E-state index contributed by atoms with van der Waals surface area (Å²) >= 11 is 0. The molecule has 1 aromatic heterocycles. The molecule has 0 fully saturated rings. The van der Waals surface area contributed by atoms with Crippen molar-refractivity contribution in [2.45, 2.75) is 6.61 Å². The van der Waals surface area contributed by atoms with Crippen LogP contribution in [0.5, 0.6) is 5.75 Å². The molecule has 0 saturated carbocycles. The van der Waals surface area contributed by atoms with E-state index in [4.69, 9.17) is 9.94 Å². The summed E-state index contributed by atoms with van der Waals surface area (Å²) in [5.41, 5.74) is 4.20. The fourth-order valence-electron chi connectivity index (χ4n) is 2.14. The van der Waals surface area contributed by atoms with Crippen molar-refractivity contribution in [2.75, 3.05) is 0 Å². The molecule has 0 atom stereocenters. The fraction of sp³-hybridized carbons (Fsp3) is 0.0588. The smallest absolute Gasteiger partial charge is 0.267 e. The van der Waals surface area contributed by atoms with Gasteiger partial charge in [-0.2, -0.15) is 0 Å². The molecule has 0 unspecified atom stereocenters. The SMILES string of the molecule is O=C(/C=C/c1cccc(OCc2nc3ccccc3[nH]2)c1)NO. The van der Waals surface area contributed by atoms with Gasteiger partial charge >= 0.3 is 0 Å². The number of benzene rings is 2. The van der Waals surface area contributed by atoms with Crippen LogP contribution in [0.1, 0.15) is 11.4 Å². The predicted octanol–water partition coefficient (Wildman–Crippen LogP) is 2.66. The number of aromatic nitrogens is 2. The topological polar surface area (TPSA) is 87.2 Å². The van der Waals surface area contributed by atoms with Gasteiger partial charge in [0.15, 0.2) is 0 Å². The van der Waals surface area contributed by atoms with Crippen molar-refractivity contribution in [3.05, 3.63) is 66.0 Å². The van der Waals surface area contributed by atoms with Gasteiger partial charge in [-0.3, -0.25) is 10.0 Å². The van der Waals surface area contributed by atoms with Gasteiger partial charge in [0.25, 0.3) is 5.91 Å². The summed E-state index contributed by atoms with van der Waals surface area (Å²) in [4.78, 5) is 18.6. The van der Waals surface area contributed by atoms with E-state index in [1.165, 1.54) is 11.6 Å². The van der Waals surface area contributed by atoms with Crippen molar-refractivity contribution in [1.29, 1.82) is 0 Å². The van der Waals surface area contributed by atoms with E-state index in [1.54, 1.807) is 12.1 Å². The molecule has 0 bridgehead atoms. The molecular formula is C17H15N3O3. The van der Waals surface area contributed by atoms with E-state index in [0.717, 1.165) is 22.4 Å². The van der Waals surface area contributed by atoms with Gasteiger partial charge in [-0.15, -0.1) is 0 Å². The fourth-order valence-corrected chi connectivity index (χ4v) is 2.14. The molecule has 0 radical (unpaired) electrons. The van der Waals surface area contributed by atoms with Crippen molar-refractivity contribution >= 4 is 23.0 Å². The van der Waals surface area contributed by atoms with Crippen LogP contribution in [0.15, 0.2) is 54.6 Å². The number of rotatable bonds is 5. The number of fused-ring (bicyclic) bond motifs is 1. The monoisotopic (exact) mass is 309 g/mol. The van der Waals surface area contributed by atoms with Gasteiger partial charge in [-0.1, -0.05) is 24.3 Å². The minimum Gasteiger partial charge on any atom is -0.486 e. The molecule has 0 aliphatic carbocycles. The van der Waals surface area contributed by atoms with Crippen LogP contribution in [0.3, 0.4) is 0 Å². The second-order valence-corrected chi connectivity index (χ2v) is 4.87. The molecule has 0 aliphatic rings. The molecule has 0 aliphatic heterocycles. The van der Waals surface area contributed by atoms with Crippen LogP contribution in [0, 0.1) is 0 Å². The van der Waals surface area contributed by atoms with E-state index in [2.05, 4.69) is 9.97 Å². The summed E-state index contributed by atoms with van der Waals surface area (Å²) in [6.07, 6.45) is 2.82. The number of carbonyl (C=O) groups is 1. The van der Waals surface area contributed by atoms with E-state index in [9.17, 15) is 4.79 Å². The third-order valence-electron chi connectivity index (χ3n) is 3.21. The maximum Gasteiger partial charge on any atom is 0.267 e. The van der Waals surface area contributed by atoms with Crippen molar-refractivity contribution < 1.29 is 14.7 Å². The van der Waals surface area contributed by atoms with Gasteiger partial charge in [0.2, 0.25) is 0 Å². The van der Waals surface area contributed by atoms with Crippen molar-refractivity contribution in [2.24, 2.45) is 0 Å². The number of para-hydroxylation sites is 2. The average Bonchev–Trinajstić information content (AvgIpc) is 3.01. The number of H-pyrrole nitrogens is 1. The molecule has 3 N–H and O–H groups in total. The lowest BCUT2D eigenvalue weighted by atomic mass is 10.2. The predicted molar refractivity (Wildman–Crippen MR) is 85.8 cm³/mol. The Kier molecular flexibility index (Phi) is 4.35. The molecule has 3 rings (SSSR count). The Morgan fingerprint density at radius 2 is 2.13 bits per heavy atom. The van der Waals surface area contributed by atoms with Gasteiger partial charge in [0.05, 0.1) is 11.0 Å². The highest BCUT2D eigenvalue weighted by molar-refractivity contribution is 5.90. The second-order valence-electron chi connectivity index (χ2n) is 4.87. The zero-order valence-electron chi connectivity index (χ0n) is 12.2. The molecule has 0 spiro atoms. The summed E-state index contributed by atoms with van der Waals surface area (Å²) in [7, 11) is 0. The van der Waals surface area contributed by atoms with E-state index in [-0.39, 0.29) is 0 Å². The van der Waals surface area contributed by atoms with E-state index in [0.29, 0.717) is 12.4 Å². The van der Waals surface area contributed by atoms with Crippen LogP contribution in [-0.2, 0) is 11.4 Å². The van der Waals surface area contributed by atoms with Crippen LogP contribution in [0.25, 0.3) is 17.1 Å². The molecule has 2 aromatic carbocycles. The van der Waals surface area contributed by atoms with Crippen molar-refractivity contribution in [3.63, 3.8) is 0 Å². The van der Waals surface area contributed by atoms with Gasteiger partial charge in [-0.05, 0) is 35.9 Å². The first-order chi connectivity index (χ1) is 11.2. The molecule has 1 amide bonds. The van der Waals surface area contributed by atoms with Gasteiger partial charge in [-0.25, -0.2) is 10.5 Å². The Labute approximate surface area is 132 Å². The third kappa shape index (κ3) is 3.75. The average molecular weight is 309 g/mol. The molecular weight excluding hydrogens is 294 g/mol.